The first kappa shape index (κ1) is 18.3. The maximum Gasteiger partial charge on any atom is 0.248 e. The average molecular weight is 372 g/mol. The highest BCUT2D eigenvalue weighted by Gasteiger charge is 2.23. The minimum absolute atomic E-state index is 0.400. The van der Waals surface area contributed by atoms with Gasteiger partial charge in [0.15, 0.2) is 0 Å². The number of carbonyl (C=O) groups is 1. The zero-order chi connectivity index (χ0) is 19.3. The molecule has 0 saturated carbocycles. The molecule has 1 saturated heterocycles. The van der Waals surface area contributed by atoms with Gasteiger partial charge >= 0.3 is 0 Å². The van der Waals surface area contributed by atoms with Gasteiger partial charge in [-0.05, 0) is 55.8 Å². The van der Waals surface area contributed by atoms with Crippen LogP contribution >= 0.6 is 0 Å². The number of nitrogens with zero attached hydrogens (tertiary/aromatic N) is 3. The van der Waals surface area contributed by atoms with E-state index in [-0.39, 0.29) is 0 Å². The quantitative estimate of drug-likeness (QED) is 0.742. The Balaban J connectivity index is 1.52. The monoisotopic (exact) mass is 372 g/mol. The van der Waals surface area contributed by atoms with Crippen LogP contribution in [0.15, 0.2) is 66.9 Å². The molecule has 1 atom stereocenters. The van der Waals surface area contributed by atoms with Crippen molar-refractivity contribution in [2.45, 2.75) is 25.3 Å². The van der Waals surface area contributed by atoms with Crippen molar-refractivity contribution in [3.05, 3.63) is 83.8 Å². The van der Waals surface area contributed by atoms with Gasteiger partial charge in [0.05, 0.1) is 11.4 Å². The first-order valence-electron chi connectivity index (χ1n) is 9.68. The second kappa shape index (κ2) is 8.31. The zero-order valence-corrected chi connectivity index (χ0v) is 15.8. The molecule has 1 aliphatic rings. The maximum absolute atomic E-state index is 11.5. The Morgan fingerprint density at radius 1 is 1.11 bits per heavy atom. The van der Waals surface area contributed by atoms with Crippen molar-refractivity contribution >= 4 is 5.91 Å². The number of aromatic nitrogens is 2. The van der Waals surface area contributed by atoms with E-state index in [2.05, 4.69) is 22.0 Å². The summed E-state index contributed by atoms with van der Waals surface area (Å²) in [5.41, 5.74) is 9.92. The van der Waals surface area contributed by atoms with Crippen molar-refractivity contribution in [3.8, 4) is 11.3 Å². The van der Waals surface area contributed by atoms with Gasteiger partial charge in [-0.2, -0.15) is 0 Å². The van der Waals surface area contributed by atoms with Crippen LogP contribution in [-0.2, 0) is 6.54 Å². The number of pyridine rings is 2. The van der Waals surface area contributed by atoms with Gasteiger partial charge in [-0.1, -0.05) is 24.3 Å². The summed E-state index contributed by atoms with van der Waals surface area (Å²) in [7, 11) is 0. The molecule has 1 fully saturated rings. The Kier molecular flexibility index (Phi) is 5.44. The molecule has 0 radical (unpaired) electrons. The molecule has 5 nitrogen and oxygen atoms in total. The van der Waals surface area contributed by atoms with Gasteiger partial charge in [0.2, 0.25) is 5.91 Å². The number of rotatable bonds is 5. The van der Waals surface area contributed by atoms with Crippen LogP contribution in [0.2, 0.25) is 0 Å². The van der Waals surface area contributed by atoms with Gasteiger partial charge in [0, 0.05) is 42.0 Å². The minimum Gasteiger partial charge on any atom is -0.366 e. The predicted molar refractivity (Wildman–Crippen MR) is 110 cm³/mol. The molecule has 1 aromatic carbocycles. The van der Waals surface area contributed by atoms with Crippen LogP contribution in [0.1, 0.15) is 40.5 Å². The third kappa shape index (κ3) is 4.26. The normalized spacial score (nSPS) is 17.4. The van der Waals surface area contributed by atoms with Crippen molar-refractivity contribution in [2.75, 3.05) is 13.1 Å². The van der Waals surface area contributed by atoms with Crippen LogP contribution in [0.25, 0.3) is 11.3 Å². The van der Waals surface area contributed by atoms with Crippen LogP contribution in [0.5, 0.6) is 0 Å². The van der Waals surface area contributed by atoms with E-state index in [0.717, 1.165) is 55.1 Å². The minimum atomic E-state index is -0.421. The predicted octanol–water partition coefficient (Wildman–Crippen LogP) is 3.62. The summed E-state index contributed by atoms with van der Waals surface area (Å²) >= 11 is 0. The van der Waals surface area contributed by atoms with Crippen LogP contribution in [-0.4, -0.2) is 33.9 Å². The molecule has 2 N–H and O–H groups in total. The van der Waals surface area contributed by atoms with E-state index in [1.54, 1.807) is 6.07 Å². The van der Waals surface area contributed by atoms with Crippen molar-refractivity contribution < 1.29 is 4.79 Å². The third-order valence-electron chi connectivity index (χ3n) is 5.25. The summed E-state index contributed by atoms with van der Waals surface area (Å²) < 4.78 is 0. The maximum atomic E-state index is 11.5. The van der Waals surface area contributed by atoms with E-state index in [1.807, 2.05) is 48.7 Å². The van der Waals surface area contributed by atoms with Crippen molar-refractivity contribution in [3.63, 3.8) is 0 Å². The lowest BCUT2D eigenvalue weighted by Gasteiger charge is -2.32. The van der Waals surface area contributed by atoms with Gasteiger partial charge in [0.1, 0.15) is 0 Å². The van der Waals surface area contributed by atoms with E-state index >= 15 is 0 Å². The lowest BCUT2D eigenvalue weighted by Crippen LogP contribution is -2.34. The average Bonchev–Trinajstić information content (AvgIpc) is 2.75. The molecule has 0 bridgehead atoms. The highest BCUT2D eigenvalue weighted by Crippen LogP contribution is 2.28. The molecule has 2 aromatic heterocycles. The number of benzene rings is 1. The molecular weight excluding hydrogens is 348 g/mol. The standard InChI is InChI=1S/C23H24N4O/c24-23(28)18-7-3-6-17(14-18)21-10-4-11-22(26-21)19-8-5-13-27(15-19)16-20-9-1-2-12-25-20/h1-4,6-7,9-12,14,19H,5,8,13,15-16H2,(H2,24,28)/t19-/m0/s1. The number of amides is 1. The smallest absolute Gasteiger partial charge is 0.248 e. The molecule has 4 rings (SSSR count). The Labute approximate surface area is 165 Å². The second-order valence-corrected chi connectivity index (χ2v) is 7.29. The fraction of sp³-hybridized carbons (Fsp3) is 0.261. The van der Waals surface area contributed by atoms with Crippen LogP contribution < -0.4 is 5.73 Å². The van der Waals surface area contributed by atoms with Crippen molar-refractivity contribution in [1.82, 2.24) is 14.9 Å². The molecule has 3 aromatic rings. The van der Waals surface area contributed by atoms with Gasteiger partial charge in [-0.15, -0.1) is 0 Å². The van der Waals surface area contributed by atoms with E-state index in [0.29, 0.717) is 11.5 Å². The Hall–Kier alpha value is -3.05. The molecule has 5 heteroatoms. The number of primary amides is 1. The van der Waals surface area contributed by atoms with Gasteiger partial charge < -0.3 is 5.73 Å². The number of hydrogen-bond acceptors (Lipinski definition) is 4. The Morgan fingerprint density at radius 3 is 2.82 bits per heavy atom. The fourth-order valence-corrected chi connectivity index (χ4v) is 3.83. The van der Waals surface area contributed by atoms with Crippen LogP contribution in [0.4, 0.5) is 0 Å². The number of hydrogen-bond donors (Lipinski definition) is 1. The summed E-state index contributed by atoms with van der Waals surface area (Å²) in [4.78, 5) is 23.3. The summed E-state index contributed by atoms with van der Waals surface area (Å²) in [5, 5.41) is 0. The summed E-state index contributed by atoms with van der Waals surface area (Å²) in [6.07, 6.45) is 4.14. The SMILES string of the molecule is NC(=O)c1cccc(-c2cccc([C@H]3CCCN(Cc4ccccn4)C3)n2)c1. The molecule has 3 heterocycles. The lowest BCUT2D eigenvalue weighted by atomic mass is 9.93. The fourth-order valence-electron chi connectivity index (χ4n) is 3.83. The first-order chi connectivity index (χ1) is 13.7. The number of piperidine rings is 1. The first-order valence-corrected chi connectivity index (χ1v) is 9.68. The van der Waals surface area contributed by atoms with Crippen molar-refractivity contribution in [1.29, 1.82) is 0 Å². The highest BCUT2D eigenvalue weighted by atomic mass is 16.1. The number of carbonyl (C=O) groups excluding carboxylic acids is 1. The molecule has 0 spiro atoms. The number of likely N-dealkylation sites (tertiary alicyclic amines) is 1. The third-order valence-corrected chi connectivity index (χ3v) is 5.25. The van der Waals surface area contributed by atoms with Gasteiger partial charge in [0.25, 0.3) is 0 Å². The lowest BCUT2D eigenvalue weighted by molar-refractivity contribution is 0.100. The number of nitrogens with two attached hydrogens (primary N) is 1. The van der Waals surface area contributed by atoms with E-state index in [4.69, 9.17) is 10.7 Å². The largest absolute Gasteiger partial charge is 0.366 e. The summed E-state index contributed by atoms with van der Waals surface area (Å²) in [6.45, 7) is 2.94. The van der Waals surface area contributed by atoms with E-state index in [9.17, 15) is 4.79 Å². The van der Waals surface area contributed by atoms with Crippen LogP contribution in [0, 0.1) is 0 Å². The Morgan fingerprint density at radius 2 is 2.00 bits per heavy atom. The topological polar surface area (TPSA) is 72.1 Å². The molecule has 28 heavy (non-hydrogen) atoms. The van der Waals surface area contributed by atoms with E-state index in [1.165, 1.54) is 0 Å². The van der Waals surface area contributed by atoms with E-state index < -0.39 is 5.91 Å². The van der Waals surface area contributed by atoms with Crippen LogP contribution in [0.3, 0.4) is 0 Å². The zero-order valence-electron chi connectivity index (χ0n) is 15.8. The molecule has 0 unspecified atom stereocenters. The summed E-state index contributed by atoms with van der Waals surface area (Å²) in [6, 6.07) is 19.6. The molecular formula is C23H24N4O. The summed E-state index contributed by atoms with van der Waals surface area (Å²) in [5.74, 6) is -0.0211. The van der Waals surface area contributed by atoms with Gasteiger partial charge in [-0.25, -0.2) is 0 Å². The highest BCUT2D eigenvalue weighted by molar-refractivity contribution is 5.93. The molecule has 1 amide bonds. The molecule has 142 valence electrons. The molecule has 1 aliphatic heterocycles. The van der Waals surface area contributed by atoms with Gasteiger partial charge in [-0.3, -0.25) is 19.7 Å². The molecule has 0 aliphatic carbocycles. The second-order valence-electron chi connectivity index (χ2n) is 7.29. The Bertz CT molecular complexity index is 958. The van der Waals surface area contributed by atoms with Crippen molar-refractivity contribution in [2.24, 2.45) is 5.73 Å².